The molecule has 1 aromatic carbocycles. The molecule has 0 saturated carbocycles. The second-order valence-corrected chi connectivity index (χ2v) is 5.79. The van der Waals surface area contributed by atoms with Gasteiger partial charge in [0.05, 0.1) is 19.1 Å². The number of aliphatic carboxylic acids is 1. The standard InChI is InChI=1S/C17H26N2O4.ClH/c1-13(2)23-15-6-4-14(5-7-15)8-10-18-16(20)12-19(3)11-9-17(21)22;/h4-7,13H,8-12H2,1-3H3,(H,18,20)(H,21,22);1H. The van der Waals surface area contributed by atoms with Crippen LogP contribution in [0.4, 0.5) is 0 Å². The van der Waals surface area contributed by atoms with Crippen LogP contribution in [0, 0.1) is 0 Å². The molecule has 1 rings (SSSR count). The van der Waals surface area contributed by atoms with Gasteiger partial charge in [-0.3, -0.25) is 14.5 Å². The number of halogens is 1. The van der Waals surface area contributed by atoms with E-state index in [0.717, 1.165) is 17.7 Å². The summed E-state index contributed by atoms with van der Waals surface area (Å²) in [7, 11) is 1.73. The highest BCUT2D eigenvalue weighted by molar-refractivity contribution is 5.85. The molecule has 7 heteroatoms. The van der Waals surface area contributed by atoms with Gasteiger partial charge >= 0.3 is 5.97 Å². The maximum absolute atomic E-state index is 11.7. The minimum atomic E-state index is -0.859. The van der Waals surface area contributed by atoms with E-state index in [-0.39, 0.29) is 37.4 Å². The van der Waals surface area contributed by atoms with E-state index in [1.165, 1.54) is 0 Å². The van der Waals surface area contributed by atoms with Crippen molar-refractivity contribution < 1.29 is 19.4 Å². The minimum Gasteiger partial charge on any atom is -0.491 e. The van der Waals surface area contributed by atoms with Gasteiger partial charge in [0.2, 0.25) is 5.91 Å². The third-order valence-corrected chi connectivity index (χ3v) is 3.15. The van der Waals surface area contributed by atoms with E-state index in [4.69, 9.17) is 9.84 Å². The number of carboxylic acid groups (broad SMARTS) is 1. The second-order valence-electron chi connectivity index (χ2n) is 5.79. The Balaban J connectivity index is 0.00000529. The zero-order valence-corrected chi connectivity index (χ0v) is 15.3. The number of hydrogen-bond donors (Lipinski definition) is 2. The number of likely N-dealkylation sites (N-methyl/N-ethyl adjacent to an activating group) is 1. The molecule has 0 bridgehead atoms. The average Bonchev–Trinajstić information content (AvgIpc) is 2.46. The SMILES string of the molecule is CC(C)Oc1ccc(CCNC(=O)CN(C)CCC(=O)O)cc1.Cl. The smallest absolute Gasteiger partial charge is 0.304 e. The van der Waals surface area contributed by atoms with Crippen molar-refractivity contribution in [3.8, 4) is 5.75 Å². The number of amides is 1. The lowest BCUT2D eigenvalue weighted by molar-refractivity contribution is -0.137. The molecule has 0 aliphatic heterocycles. The summed E-state index contributed by atoms with van der Waals surface area (Å²) in [5.41, 5.74) is 1.13. The molecule has 136 valence electrons. The molecule has 0 spiro atoms. The van der Waals surface area contributed by atoms with Crippen LogP contribution in [0.25, 0.3) is 0 Å². The Morgan fingerprint density at radius 2 is 1.88 bits per heavy atom. The monoisotopic (exact) mass is 358 g/mol. The highest BCUT2D eigenvalue weighted by Gasteiger charge is 2.07. The van der Waals surface area contributed by atoms with Crippen LogP contribution in [0.15, 0.2) is 24.3 Å². The van der Waals surface area contributed by atoms with E-state index in [9.17, 15) is 9.59 Å². The van der Waals surface area contributed by atoms with E-state index in [1.807, 2.05) is 38.1 Å². The molecule has 0 aromatic heterocycles. The molecule has 24 heavy (non-hydrogen) atoms. The predicted molar refractivity (Wildman–Crippen MR) is 95.9 cm³/mol. The number of carboxylic acids is 1. The average molecular weight is 359 g/mol. The van der Waals surface area contributed by atoms with Crippen LogP contribution >= 0.6 is 12.4 Å². The van der Waals surface area contributed by atoms with Gasteiger partial charge in [0.15, 0.2) is 0 Å². The van der Waals surface area contributed by atoms with Gasteiger partial charge < -0.3 is 15.2 Å². The van der Waals surface area contributed by atoms with Crippen molar-refractivity contribution in [1.29, 1.82) is 0 Å². The number of benzene rings is 1. The van der Waals surface area contributed by atoms with Crippen molar-refractivity contribution in [2.24, 2.45) is 0 Å². The van der Waals surface area contributed by atoms with Gasteiger partial charge in [-0.25, -0.2) is 0 Å². The highest BCUT2D eigenvalue weighted by atomic mass is 35.5. The van der Waals surface area contributed by atoms with Crippen molar-refractivity contribution in [3.63, 3.8) is 0 Å². The summed E-state index contributed by atoms with van der Waals surface area (Å²) in [6, 6.07) is 7.83. The first-order valence-electron chi connectivity index (χ1n) is 7.79. The van der Waals surface area contributed by atoms with Gasteiger partial charge in [0.1, 0.15) is 5.75 Å². The van der Waals surface area contributed by atoms with Crippen molar-refractivity contribution in [2.45, 2.75) is 32.8 Å². The first-order chi connectivity index (χ1) is 10.9. The molecular formula is C17H27ClN2O4. The zero-order chi connectivity index (χ0) is 17.2. The molecule has 0 fully saturated rings. The fraction of sp³-hybridized carbons (Fsp3) is 0.529. The number of rotatable bonds is 10. The Kier molecular flexibility index (Phi) is 10.8. The Morgan fingerprint density at radius 1 is 1.25 bits per heavy atom. The normalized spacial score (nSPS) is 10.4. The maximum atomic E-state index is 11.7. The number of nitrogens with one attached hydrogen (secondary N) is 1. The summed E-state index contributed by atoms with van der Waals surface area (Å²) < 4.78 is 5.58. The molecule has 1 amide bonds. The molecule has 0 heterocycles. The maximum Gasteiger partial charge on any atom is 0.304 e. The van der Waals surface area contributed by atoms with Gasteiger partial charge in [0, 0.05) is 13.1 Å². The Hall–Kier alpha value is -1.79. The first kappa shape index (κ1) is 22.2. The van der Waals surface area contributed by atoms with Gasteiger partial charge in [-0.15, -0.1) is 12.4 Å². The van der Waals surface area contributed by atoms with Gasteiger partial charge in [-0.05, 0) is 45.0 Å². The Morgan fingerprint density at radius 3 is 2.42 bits per heavy atom. The minimum absolute atomic E-state index is 0. The summed E-state index contributed by atoms with van der Waals surface area (Å²) in [6.07, 6.45) is 0.930. The van der Waals surface area contributed by atoms with Crippen molar-refractivity contribution in [1.82, 2.24) is 10.2 Å². The van der Waals surface area contributed by atoms with Crippen LogP contribution in [0.1, 0.15) is 25.8 Å². The van der Waals surface area contributed by atoms with Crippen LogP contribution in [-0.2, 0) is 16.0 Å². The Labute approximate surface area is 149 Å². The largest absolute Gasteiger partial charge is 0.491 e. The van der Waals surface area contributed by atoms with E-state index < -0.39 is 5.97 Å². The molecule has 0 aliphatic carbocycles. The molecule has 0 atom stereocenters. The summed E-state index contributed by atoms with van der Waals surface area (Å²) in [5.74, 6) is -0.118. The molecular weight excluding hydrogens is 332 g/mol. The van der Waals surface area contributed by atoms with Crippen LogP contribution < -0.4 is 10.1 Å². The van der Waals surface area contributed by atoms with E-state index in [2.05, 4.69) is 5.32 Å². The molecule has 0 saturated heterocycles. The third kappa shape index (κ3) is 10.1. The van der Waals surface area contributed by atoms with Crippen molar-refractivity contribution in [3.05, 3.63) is 29.8 Å². The lowest BCUT2D eigenvalue weighted by Crippen LogP contribution is -2.36. The molecule has 0 aliphatic rings. The van der Waals surface area contributed by atoms with Crippen molar-refractivity contribution >= 4 is 24.3 Å². The predicted octanol–water partition coefficient (Wildman–Crippen LogP) is 1.96. The lowest BCUT2D eigenvalue weighted by Gasteiger charge is -2.15. The molecule has 6 nitrogen and oxygen atoms in total. The summed E-state index contributed by atoms with van der Waals surface area (Å²) in [4.78, 5) is 23.9. The van der Waals surface area contributed by atoms with Gasteiger partial charge in [-0.2, -0.15) is 0 Å². The number of hydrogen-bond acceptors (Lipinski definition) is 4. The fourth-order valence-electron chi connectivity index (χ4n) is 2.02. The highest BCUT2D eigenvalue weighted by Crippen LogP contribution is 2.13. The second kappa shape index (κ2) is 11.7. The fourth-order valence-corrected chi connectivity index (χ4v) is 2.02. The van der Waals surface area contributed by atoms with E-state index >= 15 is 0 Å². The zero-order valence-electron chi connectivity index (χ0n) is 14.4. The third-order valence-electron chi connectivity index (χ3n) is 3.15. The summed E-state index contributed by atoms with van der Waals surface area (Å²) in [6.45, 7) is 5.08. The number of nitrogens with zero attached hydrogens (tertiary/aromatic N) is 1. The molecule has 0 radical (unpaired) electrons. The quantitative estimate of drug-likeness (QED) is 0.668. The van der Waals surface area contributed by atoms with Crippen LogP contribution in [-0.4, -0.2) is 54.7 Å². The van der Waals surface area contributed by atoms with E-state index in [1.54, 1.807) is 11.9 Å². The van der Waals surface area contributed by atoms with Crippen LogP contribution in [0.3, 0.4) is 0 Å². The molecule has 2 N–H and O–H groups in total. The number of ether oxygens (including phenoxy) is 1. The Bertz CT molecular complexity index is 506. The number of carbonyl (C=O) groups is 2. The molecule has 0 unspecified atom stereocenters. The van der Waals surface area contributed by atoms with Gasteiger partial charge in [0.25, 0.3) is 0 Å². The van der Waals surface area contributed by atoms with Gasteiger partial charge in [-0.1, -0.05) is 12.1 Å². The first-order valence-corrected chi connectivity index (χ1v) is 7.79. The van der Waals surface area contributed by atoms with Crippen LogP contribution in [0.5, 0.6) is 5.75 Å². The lowest BCUT2D eigenvalue weighted by atomic mass is 10.1. The number of carbonyl (C=O) groups excluding carboxylic acids is 1. The van der Waals surface area contributed by atoms with E-state index in [0.29, 0.717) is 13.1 Å². The van der Waals surface area contributed by atoms with Crippen molar-refractivity contribution in [2.75, 3.05) is 26.7 Å². The summed E-state index contributed by atoms with van der Waals surface area (Å²) in [5, 5.41) is 11.4. The van der Waals surface area contributed by atoms with Crippen LogP contribution in [0.2, 0.25) is 0 Å². The molecule has 1 aromatic rings. The topological polar surface area (TPSA) is 78.9 Å². The summed E-state index contributed by atoms with van der Waals surface area (Å²) >= 11 is 0.